The molecule has 0 radical (unpaired) electrons. The topological polar surface area (TPSA) is 21.6 Å². The average Bonchev–Trinajstić information content (AvgIpc) is 2.19. The molecule has 0 aromatic heterocycles. The van der Waals surface area contributed by atoms with E-state index in [1.807, 2.05) is 0 Å². The molecule has 0 saturated carbocycles. The molecule has 0 heterocycles. The number of alkyl halides is 3. The number of hydrogen-bond acceptors (Lipinski definition) is 2. The van der Waals surface area contributed by atoms with Crippen LogP contribution in [0.1, 0.15) is 18.1 Å². The second kappa shape index (κ2) is 5.01. The van der Waals surface area contributed by atoms with Gasteiger partial charge >= 0.3 is 6.18 Å². The molecule has 0 aliphatic rings. The summed E-state index contributed by atoms with van der Waals surface area (Å²) in [7, 11) is 0. The maximum atomic E-state index is 12.6. The van der Waals surface area contributed by atoms with Gasteiger partial charge in [0.05, 0.1) is 0 Å². The lowest BCUT2D eigenvalue weighted by atomic mass is 10.1. The molecular weight excluding hydrogens is 219 g/mol. The van der Waals surface area contributed by atoms with Crippen molar-refractivity contribution in [2.45, 2.75) is 20.0 Å². The molecule has 1 aromatic carbocycles. The van der Waals surface area contributed by atoms with Crippen LogP contribution in [-0.2, 0) is 4.84 Å². The van der Waals surface area contributed by atoms with Gasteiger partial charge in [0, 0.05) is 5.56 Å². The summed E-state index contributed by atoms with van der Waals surface area (Å²) in [5, 5.41) is 3.11. The fourth-order valence-electron chi connectivity index (χ4n) is 1.11. The van der Waals surface area contributed by atoms with Gasteiger partial charge in [0.15, 0.2) is 5.71 Å². The summed E-state index contributed by atoms with van der Waals surface area (Å²) in [6, 6.07) is 5.95. The smallest absolute Gasteiger partial charge is 0.396 e. The Morgan fingerprint density at radius 1 is 1.25 bits per heavy atom. The number of rotatable bonds is 3. The Morgan fingerprint density at radius 3 is 2.25 bits per heavy atom. The molecule has 5 heteroatoms. The summed E-state index contributed by atoms with van der Waals surface area (Å²) in [6.07, 6.45) is -4.51. The van der Waals surface area contributed by atoms with Crippen molar-refractivity contribution < 1.29 is 18.0 Å². The van der Waals surface area contributed by atoms with Gasteiger partial charge in [-0.3, -0.25) is 0 Å². The number of benzene rings is 1. The zero-order chi connectivity index (χ0) is 12.2. The zero-order valence-corrected chi connectivity index (χ0v) is 9.01. The molecule has 88 valence electrons. The minimum Gasteiger partial charge on any atom is -0.396 e. The van der Waals surface area contributed by atoms with Crippen molar-refractivity contribution in [1.82, 2.24) is 0 Å². The van der Waals surface area contributed by atoms with Gasteiger partial charge in [0.1, 0.15) is 6.61 Å². The van der Waals surface area contributed by atoms with Gasteiger partial charge in [-0.2, -0.15) is 13.2 Å². The Labute approximate surface area is 91.7 Å². The minimum atomic E-state index is -4.51. The van der Waals surface area contributed by atoms with Gasteiger partial charge in [-0.05, 0) is 13.8 Å². The third-order valence-electron chi connectivity index (χ3n) is 1.88. The average molecular weight is 231 g/mol. The van der Waals surface area contributed by atoms with Crippen LogP contribution in [0.2, 0.25) is 0 Å². The lowest BCUT2D eigenvalue weighted by molar-refractivity contribution is -0.0613. The van der Waals surface area contributed by atoms with Crippen molar-refractivity contribution in [2.75, 3.05) is 6.61 Å². The molecule has 0 N–H and O–H groups in total. The molecule has 0 saturated heterocycles. The van der Waals surface area contributed by atoms with E-state index in [1.54, 1.807) is 26.0 Å². The quantitative estimate of drug-likeness (QED) is 0.577. The Morgan fingerprint density at radius 2 is 1.81 bits per heavy atom. The van der Waals surface area contributed by atoms with Crippen molar-refractivity contribution in [3.05, 3.63) is 35.4 Å². The summed E-state index contributed by atoms with van der Waals surface area (Å²) < 4.78 is 37.9. The number of hydrogen-bond donors (Lipinski definition) is 0. The van der Waals surface area contributed by atoms with Crippen LogP contribution in [-0.4, -0.2) is 18.5 Å². The highest BCUT2D eigenvalue weighted by atomic mass is 19.4. The fraction of sp³-hybridized carbons (Fsp3) is 0.364. The number of oxime groups is 1. The maximum Gasteiger partial charge on any atom is 0.437 e. The molecule has 0 unspecified atom stereocenters. The highest BCUT2D eigenvalue weighted by Crippen LogP contribution is 2.23. The number of aryl methyl sites for hydroxylation is 1. The summed E-state index contributed by atoms with van der Waals surface area (Å²) in [5.41, 5.74) is -0.109. The van der Waals surface area contributed by atoms with Crippen LogP contribution in [0, 0.1) is 6.92 Å². The predicted molar refractivity (Wildman–Crippen MR) is 55.4 cm³/mol. The van der Waals surface area contributed by atoms with E-state index in [0.29, 0.717) is 0 Å². The van der Waals surface area contributed by atoms with E-state index < -0.39 is 11.9 Å². The van der Waals surface area contributed by atoms with Gasteiger partial charge in [0.2, 0.25) is 0 Å². The SMILES string of the molecule is CCO/N=C(/c1ccc(C)cc1)C(F)(F)F. The van der Waals surface area contributed by atoms with Crippen molar-refractivity contribution >= 4 is 5.71 Å². The molecule has 0 spiro atoms. The normalized spacial score (nSPS) is 12.7. The van der Waals surface area contributed by atoms with Crippen LogP contribution in [0.5, 0.6) is 0 Å². The Hall–Kier alpha value is -1.52. The highest BCUT2D eigenvalue weighted by Gasteiger charge is 2.37. The van der Waals surface area contributed by atoms with E-state index in [0.717, 1.165) is 5.56 Å². The molecule has 1 rings (SSSR count). The van der Waals surface area contributed by atoms with Gasteiger partial charge in [-0.15, -0.1) is 0 Å². The van der Waals surface area contributed by atoms with E-state index in [2.05, 4.69) is 9.99 Å². The maximum absolute atomic E-state index is 12.6. The monoisotopic (exact) mass is 231 g/mol. The van der Waals surface area contributed by atoms with E-state index in [1.165, 1.54) is 12.1 Å². The largest absolute Gasteiger partial charge is 0.437 e. The van der Waals surface area contributed by atoms with Crippen molar-refractivity contribution in [2.24, 2.45) is 5.16 Å². The second-order valence-electron chi connectivity index (χ2n) is 3.22. The van der Waals surface area contributed by atoms with Crippen LogP contribution < -0.4 is 0 Å². The lowest BCUT2D eigenvalue weighted by Gasteiger charge is -2.10. The zero-order valence-electron chi connectivity index (χ0n) is 9.01. The highest BCUT2D eigenvalue weighted by molar-refractivity contribution is 6.04. The molecule has 0 atom stereocenters. The first-order chi connectivity index (χ1) is 7.45. The first-order valence-electron chi connectivity index (χ1n) is 4.79. The first kappa shape index (κ1) is 12.5. The summed E-state index contributed by atoms with van der Waals surface area (Å²) in [4.78, 5) is 4.47. The Kier molecular flexibility index (Phi) is 3.93. The second-order valence-corrected chi connectivity index (χ2v) is 3.22. The van der Waals surface area contributed by atoms with Crippen molar-refractivity contribution in [3.8, 4) is 0 Å². The van der Waals surface area contributed by atoms with E-state index in [-0.39, 0.29) is 12.2 Å². The Bertz CT molecular complexity index is 368. The van der Waals surface area contributed by atoms with Crippen molar-refractivity contribution in [1.29, 1.82) is 0 Å². The lowest BCUT2D eigenvalue weighted by Crippen LogP contribution is -2.24. The standard InChI is InChI=1S/C11H12F3NO/c1-3-16-15-10(11(12,13)14)9-6-4-8(2)5-7-9/h4-7H,3H2,1-2H3/b15-10-. The number of nitrogens with zero attached hydrogens (tertiary/aromatic N) is 1. The summed E-state index contributed by atoms with van der Waals surface area (Å²) in [5.74, 6) is 0. The van der Waals surface area contributed by atoms with Crippen LogP contribution >= 0.6 is 0 Å². The summed E-state index contributed by atoms with van der Waals surface area (Å²) >= 11 is 0. The van der Waals surface area contributed by atoms with E-state index in [4.69, 9.17) is 0 Å². The Balaban J connectivity index is 3.07. The predicted octanol–water partition coefficient (Wildman–Crippen LogP) is 3.30. The van der Waals surface area contributed by atoms with E-state index >= 15 is 0 Å². The first-order valence-corrected chi connectivity index (χ1v) is 4.79. The molecule has 0 aliphatic heterocycles. The minimum absolute atomic E-state index is 0.00606. The van der Waals surface area contributed by atoms with Crippen LogP contribution in [0.4, 0.5) is 13.2 Å². The fourth-order valence-corrected chi connectivity index (χ4v) is 1.11. The van der Waals surface area contributed by atoms with Crippen LogP contribution in [0.15, 0.2) is 29.4 Å². The third-order valence-corrected chi connectivity index (χ3v) is 1.88. The molecule has 0 aliphatic carbocycles. The molecular formula is C11H12F3NO. The molecule has 0 bridgehead atoms. The van der Waals surface area contributed by atoms with Gasteiger partial charge in [0.25, 0.3) is 0 Å². The number of halogens is 3. The van der Waals surface area contributed by atoms with Gasteiger partial charge < -0.3 is 4.84 Å². The third kappa shape index (κ3) is 3.25. The molecule has 0 amide bonds. The van der Waals surface area contributed by atoms with Gasteiger partial charge in [-0.1, -0.05) is 35.0 Å². The van der Waals surface area contributed by atoms with Crippen LogP contribution in [0.25, 0.3) is 0 Å². The van der Waals surface area contributed by atoms with E-state index in [9.17, 15) is 13.2 Å². The summed E-state index contributed by atoms with van der Waals surface area (Å²) in [6.45, 7) is 3.48. The van der Waals surface area contributed by atoms with Gasteiger partial charge in [-0.25, -0.2) is 0 Å². The molecule has 0 fully saturated rings. The molecule has 16 heavy (non-hydrogen) atoms. The molecule has 2 nitrogen and oxygen atoms in total. The van der Waals surface area contributed by atoms with Crippen molar-refractivity contribution in [3.63, 3.8) is 0 Å². The van der Waals surface area contributed by atoms with Crippen LogP contribution in [0.3, 0.4) is 0 Å². The molecule has 1 aromatic rings.